The molecule has 0 aromatic carbocycles. The van der Waals surface area contributed by atoms with Crippen molar-refractivity contribution in [3.63, 3.8) is 0 Å². The third-order valence-electron chi connectivity index (χ3n) is 3.04. The van der Waals surface area contributed by atoms with Crippen molar-refractivity contribution in [3.05, 3.63) is 0 Å². The number of ether oxygens (including phenoxy) is 1. The summed E-state index contributed by atoms with van der Waals surface area (Å²) in [6.45, 7) is 3.50. The van der Waals surface area contributed by atoms with Gasteiger partial charge in [0.15, 0.2) is 0 Å². The second-order valence-electron chi connectivity index (χ2n) is 5.05. The molecule has 0 saturated carbocycles. The smallest absolute Gasteiger partial charge is 1.00 e. The molecule has 0 aliphatic carbocycles. The molecular formula is C15H30CaO4. The van der Waals surface area contributed by atoms with Crippen LogP contribution in [-0.4, -0.2) is 60.9 Å². The van der Waals surface area contributed by atoms with E-state index in [4.69, 9.17) is 5.11 Å². The normalized spacial score (nSPS) is 11.6. The summed E-state index contributed by atoms with van der Waals surface area (Å²) in [5.74, 6) is -1.39. The van der Waals surface area contributed by atoms with Crippen LogP contribution in [0.5, 0.6) is 0 Å². The molecular weight excluding hydrogens is 284 g/mol. The summed E-state index contributed by atoms with van der Waals surface area (Å²) >= 11 is 0. The van der Waals surface area contributed by atoms with Gasteiger partial charge in [0.1, 0.15) is 6.10 Å². The van der Waals surface area contributed by atoms with E-state index < -0.39 is 18.0 Å². The van der Waals surface area contributed by atoms with Crippen LogP contribution in [0.1, 0.15) is 80.9 Å². The van der Waals surface area contributed by atoms with Crippen LogP contribution in [0.4, 0.5) is 0 Å². The van der Waals surface area contributed by atoms with Crippen LogP contribution < -0.4 is 0 Å². The van der Waals surface area contributed by atoms with Gasteiger partial charge in [-0.25, -0.2) is 4.79 Å². The number of carbonyl (C=O) groups excluding carboxylic acids is 2. The number of carbonyl (C=O) groups is 2. The van der Waals surface area contributed by atoms with E-state index in [1.54, 1.807) is 0 Å². The Bertz CT molecular complexity index is 264. The van der Waals surface area contributed by atoms with Gasteiger partial charge in [-0.05, 0) is 13.3 Å². The molecule has 0 aliphatic heterocycles. The Labute approximate surface area is 155 Å². The maximum absolute atomic E-state index is 11.2. The van der Waals surface area contributed by atoms with Crippen LogP contribution in [-0.2, 0) is 14.3 Å². The van der Waals surface area contributed by atoms with Crippen LogP contribution in [0.25, 0.3) is 0 Å². The largest absolute Gasteiger partial charge is 2.00 e. The van der Waals surface area contributed by atoms with Gasteiger partial charge in [0.05, 0.1) is 0 Å². The van der Waals surface area contributed by atoms with Crippen LogP contribution in [0.3, 0.4) is 0 Å². The molecule has 0 rings (SSSR count). The summed E-state index contributed by atoms with van der Waals surface area (Å²) in [4.78, 5) is 22.1. The minimum Gasteiger partial charge on any atom is -1.00 e. The predicted octanol–water partition coefficient (Wildman–Crippen LogP) is 3.20. The molecule has 4 nitrogen and oxygen atoms in total. The standard InChI is InChI=1S/C15H28O4.Ca.2H/c1-3-4-5-6-7-8-9-10-11-12-14(17)19-15(18)13(2)16;;;/h13,16H,3-12H2,1-2H3;;;/q;+2;2*-1. The molecule has 20 heavy (non-hydrogen) atoms. The zero-order valence-corrected chi connectivity index (χ0v) is 15.2. The number of unbranched alkanes of at least 4 members (excludes halogenated alkanes) is 8. The van der Waals surface area contributed by atoms with Crippen LogP contribution >= 0.6 is 0 Å². The van der Waals surface area contributed by atoms with Gasteiger partial charge in [-0.1, -0.05) is 58.3 Å². The first kappa shape index (κ1) is 22.6. The van der Waals surface area contributed by atoms with Crippen molar-refractivity contribution >= 4 is 49.7 Å². The van der Waals surface area contributed by atoms with Crippen molar-refractivity contribution in [1.82, 2.24) is 0 Å². The molecule has 0 bridgehead atoms. The summed E-state index contributed by atoms with van der Waals surface area (Å²) in [5.41, 5.74) is 0. The number of esters is 2. The fraction of sp³-hybridized carbons (Fsp3) is 0.867. The number of aliphatic hydroxyl groups excluding tert-OH is 1. The monoisotopic (exact) mass is 314 g/mol. The zero-order valence-electron chi connectivity index (χ0n) is 15.0. The minimum absolute atomic E-state index is 0. The second-order valence-corrected chi connectivity index (χ2v) is 5.05. The van der Waals surface area contributed by atoms with Gasteiger partial charge >= 0.3 is 49.7 Å². The molecule has 0 radical (unpaired) electrons. The minimum atomic E-state index is -1.23. The van der Waals surface area contributed by atoms with Crippen LogP contribution in [0.15, 0.2) is 0 Å². The van der Waals surface area contributed by atoms with Gasteiger partial charge in [-0.2, -0.15) is 0 Å². The van der Waals surface area contributed by atoms with Crippen LogP contribution in [0, 0.1) is 0 Å². The van der Waals surface area contributed by atoms with Crippen molar-refractivity contribution in [2.45, 2.75) is 84.2 Å². The number of hydrogen-bond acceptors (Lipinski definition) is 4. The predicted molar refractivity (Wildman–Crippen MR) is 82.6 cm³/mol. The number of hydrogen-bond donors (Lipinski definition) is 1. The van der Waals surface area contributed by atoms with E-state index in [9.17, 15) is 9.59 Å². The van der Waals surface area contributed by atoms with Gasteiger partial charge in [0.25, 0.3) is 0 Å². The Hall–Kier alpha value is 0.360. The van der Waals surface area contributed by atoms with Crippen molar-refractivity contribution in [2.24, 2.45) is 0 Å². The SMILES string of the molecule is CCCCCCCCCCCC(=O)OC(=O)C(C)O.[Ca+2].[H-].[H-]. The Kier molecular flexibility index (Phi) is 17.8. The van der Waals surface area contributed by atoms with Crippen molar-refractivity contribution in [3.8, 4) is 0 Å². The second kappa shape index (κ2) is 15.7. The molecule has 1 atom stereocenters. The molecule has 0 spiro atoms. The van der Waals surface area contributed by atoms with E-state index >= 15 is 0 Å². The number of aliphatic hydroxyl groups is 1. The summed E-state index contributed by atoms with van der Waals surface area (Å²) < 4.78 is 4.46. The Morgan fingerprint density at radius 2 is 1.45 bits per heavy atom. The van der Waals surface area contributed by atoms with Crippen LogP contribution in [0.2, 0.25) is 0 Å². The molecule has 0 saturated heterocycles. The van der Waals surface area contributed by atoms with Crippen molar-refractivity contribution < 1.29 is 22.3 Å². The first-order chi connectivity index (χ1) is 9.07. The summed E-state index contributed by atoms with van der Waals surface area (Å²) in [6, 6.07) is 0. The first-order valence-electron chi connectivity index (χ1n) is 7.50. The summed E-state index contributed by atoms with van der Waals surface area (Å²) in [5, 5.41) is 8.87. The van der Waals surface area contributed by atoms with Gasteiger partial charge in [-0.15, -0.1) is 0 Å². The fourth-order valence-corrected chi connectivity index (χ4v) is 1.83. The van der Waals surface area contributed by atoms with Crippen molar-refractivity contribution in [1.29, 1.82) is 0 Å². The first-order valence-corrected chi connectivity index (χ1v) is 7.50. The Morgan fingerprint density at radius 1 is 1.00 bits per heavy atom. The molecule has 0 aliphatic rings. The third-order valence-corrected chi connectivity index (χ3v) is 3.04. The van der Waals surface area contributed by atoms with Gasteiger partial charge in [0.2, 0.25) is 0 Å². The molecule has 0 aromatic rings. The maximum Gasteiger partial charge on any atom is 2.00 e. The van der Waals surface area contributed by atoms with E-state index in [0.717, 1.165) is 19.3 Å². The van der Waals surface area contributed by atoms with Gasteiger partial charge in [-0.3, -0.25) is 4.79 Å². The quantitative estimate of drug-likeness (QED) is 0.275. The Balaban J connectivity index is -0.000000540. The van der Waals surface area contributed by atoms with E-state index in [2.05, 4.69) is 11.7 Å². The molecule has 1 unspecified atom stereocenters. The molecule has 116 valence electrons. The van der Waals surface area contributed by atoms with E-state index in [-0.39, 0.29) is 47.0 Å². The average molecular weight is 314 g/mol. The molecule has 1 N–H and O–H groups in total. The molecule has 0 heterocycles. The van der Waals surface area contributed by atoms with E-state index in [1.807, 2.05) is 0 Å². The molecule has 0 aromatic heterocycles. The topological polar surface area (TPSA) is 63.6 Å². The Morgan fingerprint density at radius 3 is 1.90 bits per heavy atom. The van der Waals surface area contributed by atoms with Gasteiger partial charge in [0, 0.05) is 6.42 Å². The molecule has 5 heteroatoms. The summed E-state index contributed by atoms with van der Waals surface area (Å²) in [7, 11) is 0. The zero-order chi connectivity index (χ0) is 14.5. The van der Waals surface area contributed by atoms with E-state index in [1.165, 1.54) is 45.4 Å². The maximum atomic E-state index is 11.2. The average Bonchev–Trinajstić information content (AvgIpc) is 2.36. The van der Waals surface area contributed by atoms with Crippen molar-refractivity contribution in [2.75, 3.05) is 0 Å². The summed E-state index contributed by atoms with van der Waals surface area (Å²) in [6.07, 6.45) is 9.60. The number of rotatable bonds is 11. The van der Waals surface area contributed by atoms with Gasteiger partial charge < -0.3 is 12.7 Å². The molecule has 0 fully saturated rings. The third kappa shape index (κ3) is 14.8. The van der Waals surface area contributed by atoms with E-state index in [0.29, 0.717) is 0 Å². The molecule has 0 amide bonds. The fourth-order valence-electron chi connectivity index (χ4n) is 1.83.